The van der Waals surface area contributed by atoms with Gasteiger partial charge in [-0.1, -0.05) is 18.2 Å². The summed E-state index contributed by atoms with van der Waals surface area (Å²) >= 11 is 5.74. The SMILES string of the molecule is COC(=O)c1ccccc1-n1c(C)cc([C@@H]2[C@@H](c3ccccn3)NC(=S)N2C(C)C)c1C. The number of pyridine rings is 1. The third-order valence-electron chi connectivity index (χ3n) is 6.03. The molecule has 3 aromatic rings. The topological polar surface area (TPSA) is 59.4 Å². The summed E-state index contributed by atoms with van der Waals surface area (Å²) in [5.74, 6) is -0.353. The Morgan fingerprint density at radius 1 is 1.16 bits per heavy atom. The lowest BCUT2D eigenvalue weighted by Gasteiger charge is -2.31. The fourth-order valence-corrected chi connectivity index (χ4v) is 5.11. The van der Waals surface area contributed by atoms with Crippen LogP contribution in [0.4, 0.5) is 0 Å². The largest absolute Gasteiger partial charge is 0.465 e. The van der Waals surface area contributed by atoms with E-state index >= 15 is 0 Å². The second-order valence-electron chi connectivity index (χ2n) is 8.30. The fraction of sp³-hybridized carbons (Fsp3) is 0.320. The number of benzene rings is 1. The predicted octanol–water partition coefficient (Wildman–Crippen LogP) is 4.66. The van der Waals surface area contributed by atoms with Gasteiger partial charge in [0, 0.05) is 23.6 Å². The van der Waals surface area contributed by atoms with Crippen LogP contribution in [0.2, 0.25) is 0 Å². The van der Waals surface area contributed by atoms with Crippen LogP contribution < -0.4 is 5.32 Å². The highest BCUT2D eigenvalue weighted by Gasteiger charge is 2.42. The average Bonchev–Trinajstić information content (AvgIpc) is 3.29. The van der Waals surface area contributed by atoms with Gasteiger partial charge in [-0.25, -0.2) is 4.79 Å². The van der Waals surface area contributed by atoms with Crippen molar-refractivity contribution in [3.8, 4) is 5.69 Å². The second-order valence-corrected chi connectivity index (χ2v) is 8.68. The van der Waals surface area contributed by atoms with Crippen molar-refractivity contribution >= 4 is 23.3 Å². The first-order chi connectivity index (χ1) is 15.3. The van der Waals surface area contributed by atoms with Crippen LogP contribution in [-0.4, -0.2) is 38.7 Å². The number of ether oxygens (including phenoxy) is 1. The van der Waals surface area contributed by atoms with Gasteiger partial charge in [-0.15, -0.1) is 0 Å². The van der Waals surface area contributed by atoms with Crippen molar-refractivity contribution in [2.24, 2.45) is 0 Å². The van der Waals surface area contributed by atoms with Gasteiger partial charge in [0.15, 0.2) is 5.11 Å². The van der Waals surface area contributed by atoms with Gasteiger partial charge in [-0.3, -0.25) is 4.98 Å². The summed E-state index contributed by atoms with van der Waals surface area (Å²) in [6.07, 6.45) is 1.81. The van der Waals surface area contributed by atoms with Crippen LogP contribution in [0.3, 0.4) is 0 Å². The van der Waals surface area contributed by atoms with Crippen LogP contribution in [0.25, 0.3) is 5.69 Å². The molecule has 0 spiro atoms. The van der Waals surface area contributed by atoms with Crippen LogP contribution in [0.5, 0.6) is 0 Å². The third-order valence-corrected chi connectivity index (χ3v) is 6.36. The zero-order valence-electron chi connectivity index (χ0n) is 19.0. The first-order valence-corrected chi connectivity index (χ1v) is 11.1. The summed E-state index contributed by atoms with van der Waals surface area (Å²) < 4.78 is 7.15. The number of hydrogen-bond acceptors (Lipinski definition) is 4. The average molecular weight is 449 g/mol. The highest BCUT2D eigenvalue weighted by molar-refractivity contribution is 7.80. The smallest absolute Gasteiger partial charge is 0.339 e. The summed E-state index contributed by atoms with van der Waals surface area (Å²) in [5.41, 5.74) is 5.53. The summed E-state index contributed by atoms with van der Waals surface area (Å²) in [7, 11) is 1.41. The molecule has 0 amide bonds. The number of esters is 1. The zero-order valence-corrected chi connectivity index (χ0v) is 19.8. The number of rotatable bonds is 5. The van der Waals surface area contributed by atoms with Gasteiger partial charge in [-0.2, -0.15) is 0 Å². The number of para-hydroxylation sites is 1. The quantitative estimate of drug-likeness (QED) is 0.453. The minimum atomic E-state index is -0.353. The molecule has 1 aliphatic rings. The summed E-state index contributed by atoms with van der Waals surface area (Å²) in [6, 6.07) is 15.8. The Kier molecular flexibility index (Phi) is 6.02. The molecule has 166 valence electrons. The maximum atomic E-state index is 12.4. The van der Waals surface area contributed by atoms with Gasteiger partial charge < -0.3 is 19.5 Å². The van der Waals surface area contributed by atoms with Gasteiger partial charge in [0.25, 0.3) is 0 Å². The zero-order chi connectivity index (χ0) is 23.0. The van der Waals surface area contributed by atoms with E-state index in [2.05, 4.69) is 53.5 Å². The van der Waals surface area contributed by atoms with E-state index in [1.165, 1.54) is 7.11 Å². The molecule has 0 unspecified atom stereocenters. The maximum Gasteiger partial charge on any atom is 0.339 e. The number of methoxy groups -OCH3 is 1. The first kappa shape index (κ1) is 22.0. The van der Waals surface area contributed by atoms with Crippen LogP contribution >= 0.6 is 12.2 Å². The van der Waals surface area contributed by atoms with Gasteiger partial charge >= 0.3 is 5.97 Å². The Morgan fingerprint density at radius 2 is 1.88 bits per heavy atom. The van der Waals surface area contributed by atoms with Crippen LogP contribution in [-0.2, 0) is 4.74 Å². The van der Waals surface area contributed by atoms with Crippen molar-refractivity contribution in [2.75, 3.05) is 7.11 Å². The lowest BCUT2D eigenvalue weighted by atomic mass is 9.96. The molecule has 3 heterocycles. The van der Waals surface area contributed by atoms with Crippen molar-refractivity contribution < 1.29 is 9.53 Å². The first-order valence-electron chi connectivity index (χ1n) is 10.7. The molecule has 0 bridgehead atoms. The molecule has 0 aliphatic carbocycles. The molecular formula is C25H28N4O2S. The van der Waals surface area contributed by atoms with Crippen molar-refractivity contribution in [3.63, 3.8) is 0 Å². The lowest BCUT2D eigenvalue weighted by molar-refractivity contribution is 0.0600. The van der Waals surface area contributed by atoms with Gasteiger partial charge in [0.05, 0.1) is 36.1 Å². The molecule has 7 heteroatoms. The number of nitrogens with zero attached hydrogens (tertiary/aromatic N) is 3. The van der Waals surface area contributed by atoms with Gasteiger partial charge in [0.1, 0.15) is 0 Å². The monoisotopic (exact) mass is 448 g/mol. The number of carbonyl (C=O) groups is 1. The molecule has 1 N–H and O–H groups in total. The Morgan fingerprint density at radius 3 is 2.53 bits per heavy atom. The summed E-state index contributed by atoms with van der Waals surface area (Å²) in [4.78, 5) is 19.3. The van der Waals surface area contributed by atoms with Crippen molar-refractivity contribution in [2.45, 2.75) is 45.8 Å². The molecule has 0 saturated carbocycles. The number of aryl methyl sites for hydroxylation is 1. The van der Waals surface area contributed by atoms with E-state index in [0.29, 0.717) is 5.56 Å². The number of carbonyl (C=O) groups excluding carboxylic acids is 1. The fourth-order valence-electron chi connectivity index (χ4n) is 4.66. The van der Waals surface area contributed by atoms with Crippen molar-refractivity contribution in [1.29, 1.82) is 0 Å². The molecule has 0 radical (unpaired) electrons. The summed E-state index contributed by atoms with van der Waals surface area (Å²) in [5, 5.41) is 4.22. The van der Waals surface area contributed by atoms with Crippen LogP contribution in [0, 0.1) is 13.8 Å². The molecule has 4 rings (SSSR count). The van der Waals surface area contributed by atoms with E-state index in [1.807, 2.05) is 42.6 Å². The van der Waals surface area contributed by atoms with Gasteiger partial charge in [-0.05, 0) is 75.8 Å². The van der Waals surface area contributed by atoms with Crippen LogP contribution in [0.1, 0.15) is 58.9 Å². The molecule has 1 saturated heterocycles. The molecule has 1 fully saturated rings. The van der Waals surface area contributed by atoms with E-state index in [4.69, 9.17) is 17.0 Å². The minimum Gasteiger partial charge on any atom is -0.465 e. The highest BCUT2D eigenvalue weighted by atomic mass is 32.1. The molecule has 2 atom stereocenters. The lowest BCUT2D eigenvalue weighted by Crippen LogP contribution is -2.35. The van der Waals surface area contributed by atoms with E-state index in [0.717, 1.165) is 33.4 Å². The minimum absolute atomic E-state index is 0.0253. The van der Waals surface area contributed by atoms with Crippen LogP contribution in [0.15, 0.2) is 54.7 Å². The molecule has 2 aromatic heterocycles. The molecule has 32 heavy (non-hydrogen) atoms. The number of hydrogen-bond donors (Lipinski definition) is 1. The van der Waals surface area contributed by atoms with E-state index in [-0.39, 0.29) is 24.1 Å². The number of aromatic nitrogens is 2. The standard InChI is InChI=1S/C25H28N4O2S/c1-15(2)28-23(22(27-25(28)32)20-11-8-9-13-26-20)19-14-16(3)29(17(19)4)21-12-7-6-10-18(21)24(30)31-5/h6-15,22-23H,1-5H3,(H,27,32)/t22-,23-/m1/s1. The number of nitrogens with one attached hydrogen (secondary N) is 1. The van der Waals surface area contributed by atoms with Crippen molar-refractivity contribution in [3.05, 3.63) is 82.9 Å². The third kappa shape index (κ3) is 3.66. The Labute approximate surface area is 194 Å². The molecule has 1 aromatic carbocycles. The van der Waals surface area contributed by atoms with E-state index in [1.54, 1.807) is 6.07 Å². The molecule has 6 nitrogen and oxygen atoms in total. The highest BCUT2D eigenvalue weighted by Crippen LogP contribution is 2.42. The Bertz CT molecular complexity index is 1160. The Hall–Kier alpha value is -3.19. The van der Waals surface area contributed by atoms with E-state index in [9.17, 15) is 4.79 Å². The Balaban J connectivity index is 1.88. The summed E-state index contributed by atoms with van der Waals surface area (Å²) in [6.45, 7) is 8.44. The van der Waals surface area contributed by atoms with E-state index < -0.39 is 0 Å². The second kappa shape index (κ2) is 8.74. The normalized spacial score (nSPS) is 18.2. The maximum absolute atomic E-state index is 12.4. The molecular weight excluding hydrogens is 420 g/mol. The van der Waals surface area contributed by atoms with Gasteiger partial charge in [0.2, 0.25) is 0 Å². The predicted molar refractivity (Wildman–Crippen MR) is 129 cm³/mol. The molecule has 1 aliphatic heterocycles. The van der Waals surface area contributed by atoms with Crippen molar-refractivity contribution in [1.82, 2.24) is 19.8 Å². The number of thiocarbonyl (C=S) groups is 1.